The zero-order valence-corrected chi connectivity index (χ0v) is 11.8. The number of nitrogens with one attached hydrogen (secondary N) is 1. The fraction of sp³-hybridized carbons (Fsp3) is 0.533. The second-order valence-corrected chi connectivity index (χ2v) is 4.89. The van der Waals surface area contributed by atoms with E-state index in [0.717, 1.165) is 24.2 Å². The van der Waals surface area contributed by atoms with Crippen molar-refractivity contribution in [3.05, 3.63) is 29.8 Å². The molecular weight excluding hydrogens is 256 g/mol. The number of urea groups is 1. The lowest BCUT2D eigenvalue weighted by Crippen LogP contribution is -2.42. The maximum absolute atomic E-state index is 12.1. The van der Waals surface area contributed by atoms with Gasteiger partial charge in [0.1, 0.15) is 5.75 Å². The first kappa shape index (κ1) is 14.7. The Labute approximate surface area is 119 Å². The normalized spacial score (nSPS) is 13.9. The van der Waals surface area contributed by atoms with Crippen LogP contribution in [0.2, 0.25) is 0 Å². The molecule has 0 saturated heterocycles. The summed E-state index contributed by atoms with van der Waals surface area (Å²) < 4.78 is 5.43. The molecule has 2 rings (SSSR count). The Morgan fingerprint density at radius 2 is 2.30 bits per heavy atom. The number of benzene rings is 1. The fourth-order valence-electron chi connectivity index (χ4n) is 2.14. The van der Waals surface area contributed by atoms with E-state index in [1.807, 2.05) is 31.2 Å². The molecule has 1 aliphatic rings. The molecule has 0 radical (unpaired) electrons. The Bertz CT molecular complexity index is 446. The third kappa shape index (κ3) is 4.13. The van der Waals surface area contributed by atoms with Crippen LogP contribution in [0.3, 0.4) is 0 Å². The van der Waals surface area contributed by atoms with E-state index in [1.165, 1.54) is 0 Å². The van der Waals surface area contributed by atoms with E-state index in [2.05, 4.69) is 5.32 Å². The van der Waals surface area contributed by atoms with Gasteiger partial charge in [-0.15, -0.1) is 0 Å². The summed E-state index contributed by atoms with van der Waals surface area (Å²) in [5.41, 5.74) is 1.00. The largest absolute Gasteiger partial charge is 0.494 e. The van der Waals surface area contributed by atoms with Gasteiger partial charge in [0.15, 0.2) is 0 Å². The number of carbonyl (C=O) groups is 1. The summed E-state index contributed by atoms with van der Waals surface area (Å²) in [6.45, 7) is 3.44. The monoisotopic (exact) mass is 278 g/mol. The first-order valence-electron chi connectivity index (χ1n) is 7.11. The fourth-order valence-corrected chi connectivity index (χ4v) is 2.14. The average Bonchev–Trinajstić information content (AvgIpc) is 3.27. The molecule has 5 nitrogen and oxygen atoms in total. The van der Waals surface area contributed by atoms with Crippen LogP contribution in [0.25, 0.3) is 0 Å². The Morgan fingerprint density at radius 3 is 2.95 bits per heavy atom. The van der Waals surface area contributed by atoms with Crippen molar-refractivity contribution >= 4 is 6.03 Å². The Balaban J connectivity index is 1.87. The molecule has 20 heavy (non-hydrogen) atoms. The molecule has 0 atom stereocenters. The standard InChI is InChI=1S/C15H22N2O3/c1-2-20-14-5-3-4-12(10-14)11-16-15(19)17(8-9-18)13-6-7-13/h3-5,10,13,18H,2,6-9,11H2,1H3,(H,16,19). The molecule has 1 fully saturated rings. The maximum Gasteiger partial charge on any atom is 0.317 e. The van der Waals surface area contributed by atoms with Gasteiger partial charge in [0.2, 0.25) is 0 Å². The van der Waals surface area contributed by atoms with E-state index in [4.69, 9.17) is 9.84 Å². The quantitative estimate of drug-likeness (QED) is 0.799. The molecule has 0 aliphatic heterocycles. The van der Waals surface area contributed by atoms with Crippen LogP contribution in [0.5, 0.6) is 5.75 Å². The predicted molar refractivity (Wildman–Crippen MR) is 76.7 cm³/mol. The minimum absolute atomic E-state index is 0.00372. The molecule has 0 unspecified atom stereocenters. The molecule has 110 valence electrons. The van der Waals surface area contributed by atoms with Crippen molar-refractivity contribution in [1.29, 1.82) is 0 Å². The van der Waals surface area contributed by atoms with Crippen molar-refractivity contribution in [2.75, 3.05) is 19.8 Å². The molecule has 0 bridgehead atoms. The van der Waals surface area contributed by atoms with Gasteiger partial charge < -0.3 is 20.1 Å². The van der Waals surface area contributed by atoms with E-state index in [0.29, 0.717) is 25.7 Å². The molecule has 0 aromatic heterocycles. The number of aliphatic hydroxyl groups is 1. The minimum Gasteiger partial charge on any atom is -0.494 e. The summed E-state index contributed by atoms with van der Waals surface area (Å²) in [5.74, 6) is 0.814. The SMILES string of the molecule is CCOc1cccc(CNC(=O)N(CCO)C2CC2)c1. The number of aliphatic hydroxyl groups excluding tert-OH is 1. The van der Waals surface area contributed by atoms with Crippen LogP contribution in [0.4, 0.5) is 4.79 Å². The molecule has 0 heterocycles. The number of carbonyl (C=O) groups excluding carboxylic acids is 1. The van der Waals surface area contributed by atoms with Gasteiger partial charge in [-0.2, -0.15) is 0 Å². The maximum atomic E-state index is 12.1. The number of ether oxygens (including phenoxy) is 1. The number of rotatable bonds is 7. The average molecular weight is 278 g/mol. The third-order valence-electron chi connectivity index (χ3n) is 3.24. The highest BCUT2D eigenvalue weighted by Gasteiger charge is 2.31. The van der Waals surface area contributed by atoms with Gasteiger partial charge in [-0.25, -0.2) is 4.79 Å². The first-order valence-corrected chi connectivity index (χ1v) is 7.11. The molecule has 1 saturated carbocycles. The highest BCUT2D eigenvalue weighted by atomic mass is 16.5. The van der Waals surface area contributed by atoms with E-state index >= 15 is 0 Å². The zero-order valence-electron chi connectivity index (χ0n) is 11.8. The summed E-state index contributed by atoms with van der Waals surface area (Å²) in [5, 5.41) is 11.9. The van der Waals surface area contributed by atoms with Gasteiger partial charge in [0, 0.05) is 19.1 Å². The lowest BCUT2D eigenvalue weighted by atomic mass is 10.2. The molecule has 2 amide bonds. The topological polar surface area (TPSA) is 61.8 Å². The molecule has 0 spiro atoms. The lowest BCUT2D eigenvalue weighted by molar-refractivity contribution is 0.173. The summed E-state index contributed by atoms with van der Waals surface area (Å²) in [6, 6.07) is 7.89. The van der Waals surface area contributed by atoms with Gasteiger partial charge in [0.05, 0.1) is 13.2 Å². The van der Waals surface area contributed by atoms with E-state index in [1.54, 1.807) is 4.90 Å². The van der Waals surface area contributed by atoms with Crippen LogP contribution in [-0.4, -0.2) is 41.8 Å². The summed E-state index contributed by atoms with van der Waals surface area (Å²) >= 11 is 0. The summed E-state index contributed by atoms with van der Waals surface area (Å²) in [7, 11) is 0. The van der Waals surface area contributed by atoms with E-state index in [9.17, 15) is 4.79 Å². The summed E-state index contributed by atoms with van der Waals surface area (Å²) in [6.07, 6.45) is 2.07. The molecular formula is C15H22N2O3. The first-order chi connectivity index (χ1) is 9.74. The molecule has 5 heteroatoms. The van der Waals surface area contributed by atoms with Gasteiger partial charge in [-0.3, -0.25) is 0 Å². The highest BCUT2D eigenvalue weighted by Crippen LogP contribution is 2.26. The van der Waals surface area contributed by atoms with Crippen molar-refractivity contribution in [3.8, 4) is 5.75 Å². The summed E-state index contributed by atoms with van der Waals surface area (Å²) in [4.78, 5) is 13.8. The van der Waals surface area contributed by atoms with E-state index in [-0.39, 0.29) is 12.6 Å². The van der Waals surface area contributed by atoms with Gasteiger partial charge in [-0.1, -0.05) is 12.1 Å². The Hall–Kier alpha value is -1.75. The van der Waals surface area contributed by atoms with Crippen molar-refractivity contribution < 1.29 is 14.6 Å². The zero-order chi connectivity index (χ0) is 14.4. The minimum atomic E-state index is -0.108. The molecule has 1 aromatic carbocycles. The van der Waals surface area contributed by atoms with Crippen LogP contribution in [-0.2, 0) is 6.54 Å². The number of nitrogens with zero attached hydrogens (tertiary/aromatic N) is 1. The Morgan fingerprint density at radius 1 is 1.50 bits per heavy atom. The number of hydrogen-bond donors (Lipinski definition) is 2. The molecule has 2 N–H and O–H groups in total. The Kier molecular flexibility index (Phi) is 5.24. The van der Waals surface area contributed by atoms with Gasteiger partial charge in [0.25, 0.3) is 0 Å². The van der Waals surface area contributed by atoms with Crippen LogP contribution in [0.1, 0.15) is 25.3 Å². The van der Waals surface area contributed by atoms with Crippen LogP contribution in [0, 0.1) is 0 Å². The van der Waals surface area contributed by atoms with Crippen LogP contribution in [0.15, 0.2) is 24.3 Å². The lowest BCUT2D eigenvalue weighted by Gasteiger charge is -2.21. The second kappa shape index (κ2) is 7.14. The van der Waals surface area contributed by atoms with Gasteiger partial charge in [-0.05, 0) is 37.5 Å². The number of hydrogen-bond acceptors (Lipinski definition) is 3. The molecule has 1 aromatic rings. The predicted octanol–water partition coefficient (Wildman–Crippen LogP) is 1.75. The van der Waals surface area contributed by atoms with E-state index < -0.39 is 0 Å². The smallest absolute Gasteiger partial charge is 0.317 e. The highest BCUT2D eigenvalue weighted by molar-refractivity contribution is 5.74. The van der Waals surface area contributed by atoms with Gasteiger partial charge >= 0.3 is 6.03 Å². The van der Waals surface area contributed by atoms with Crippen molar-refractivity contribution in [2.45, 2.75) is 32.4 Å². The van der Waals surface area contributed by atoms with Crippen LogP contribution < -0.4 is 10.1 Å². The van der Waals surface area contributed by atoms with Crippen LogP contribution >= 0.6 is 0 Å². The van der Waals surface area contributed by atoms with Crippen molar-refractivity contribution in [3.63, 3.8) is 0 Å². The second-order valence-electron chi connectivity index (χ2n) is 4.89. The van der Waals surface area contributed by atoms with Crippen molar-refractivity contribution in [2.24, 2.45) is 0 Å². The number of amides is 2. The van der Waals surface area contributed by atoms with Crippen molar-refractivity contribution in [1.82, 2.24) is 10.2 Å². The molecule has 1 aliphatic carbocycles. The third-order valence-corrected chi connectivity index (χ3v) is 3.24.